The molecule has 2 aliphatic heterocycles. The van der Waals surface area contributed by atoms with Crippen LogP contribution in [0.3, 0.4) is 0 Å². The van der Waals surface area contributed by atoms with E-state index in [1.165, 1.54) is 12.0 Å². The smallest absolute Gasteiger partial charge is 0.349 e. The number of amides is 1. The summed E-state index contributed by atoms with van der Waals surface area (Å²) in [7, 11) is 0. The molecule has 1 atom stereocenters. The topological polar surface area (TPSA) is 71.8 Å². The summed E-state index contributed by atoms with van der Waals surface area (Å²) in [6.45, 7) is 6.50. The maximum absolute atomic E-state index is 12.7. The van der Waals surface area contributed by atoms with Gasteiger partial charge in [-0.2, -0.15) is 0 Å². The lowest BCUT2D eigenvalue weighted by Crippen LogP contribution is -2.41. The first kappa shape index (κ1) is 21.8. The van der Waals surface area contributed by atoms with Crippen molar-refractivity contribution in [2.75, 3.05) is 39.4 Å². The Morgan fingerprint density at radius 2 is 1.90 bits per heavy atom. The zero-order chi connectivity index (χ0) is 21.6. The minimum Gasteiger partial charge on any atom is -0.427 e. The number of benzene rings is 1. The number of ether oxygens (including phenoxy) is 1. The van der Waals surface area contributed by atoms with Crippen molar-refractivity contribution in [2.45, 2.75) is 44.4 Å². The van der Waals surface area contributed by atoms with Gasteiger partial charge in [0.25, 0.3) is 5.91 Å². The van der Waals surface area contributed by atoms with Gasteiger partial charge in [0.1, 0.15) is 11.3 Å². The van der Waals surface area contributed by atoms with Crippen LogP contribution in [0.25, 0.3) is 0 Å². The fourth-order valence-electron chi connectivity index (χ4n) is 4.76. The molecule has 1 aromatic heterocycles. The van der Waals surface area contributed by atoms with Gasteiger partial charge < -0.3 is 19.4 Å². The van der Waals surface area contributed by atoms with Crippen LogP contribution in [0.15, 0.2) is 45.6 Å². The molecule has 4 rings (SSSR count). The van der Waals surface area contributed by atoms with Crippen molar-refractivity contribution in [3.05, 3.63) is 69.3 Å². The number of hydrogen-bond acceptors (Lipinski definition) is 5. The summed E-state index contributed by atoms with van der Waals surface area (Å²) in [6, 6.07) is 12.5. The fraction of sp³-hybridized carbons (Fsp3) is 0.520. The standard InChI is InChI=1S/C25H32N2O4/c1-18-16-22(20-9-14-30-15-10-20)31-25(29)23(18)24(28)26-11-13-27-12-5-8-21(17-27)19-6-3-2-4-7-19/h2-4,6-7,16,20-21H,5,8-15,17H2,1H3,(H,26,28). The molecule has 1 N–H and O–H groups in total. The van der Waals surface area contributed by atoms with Gasteiger partial charge >= 0.3 is 5.63 Å². The first-order valence-corrected chi connectivity index (χ1v) is 11.4. The fourth-order valence-corrected chi connectivity index (χ4v) is 4.76. The van der Waals surface area contributed by atoms with E-state index in [4.69, 9.17) is 9.15 Å². The van der Waals surface area contributed by atoms with Gasteiger partial charge in [-0.25, -0.2) is 4.79 Å². The summed E-state index contributed by atoms with van der Waals surface area (Å²) in [5.74, 6) is 1.05. The molecule has 166 valence electrons. The molecule has 2 aliphatic rings. The van der Waals surface area contributed by atoms with Crippen molar-refractivity contribution in [2.24, 2.45) is 0 Å². The average Bonchev–Trinajstić information content (AvgIpc) is 2.80. The minimum atomic E-state index is -0.541. The first-order chi connectivity index (χ1) is 15.1. The molecule has 0 radical (unpaired) electrons. The molecular weight excluding hydrogens is 392 g/mol. The third kappa shape index (κ3) is 5.43. The molecule has 1 unspecified atom stereocenters. The van der Waals surface area contributed by atoms with Crippen LogP contribution in [-0.4, -0.2) is 50.2 Å². The lowest BCUT2D eigenvalue weighted by Gasteiger charge is -2.33. The van der Waals surface area contributed by atoms with E-state index in [-0.39, 0.29) is 17.4 Å². The van der Waals surface area contributed by atoms with Gasteiger partial charge in [0, 0.05) is 38.8 Å². The predicted molar refractivity (Wildman–Crippen MR) is 120 cm³/mol. The summed E-state index contributed by atoms with van der Waals surface area (Å²) < 4.78 is 10.9. The molecule has 1 aromatic carbocycles. The largest absolute Gasteiger partial charge is 0.427 e. The molecule has 0 spiro atoms. The first-order valence-electron chi connectivity index (χ1n) is 11.4. The number of nitrogens with one attached hydrogen (secondary N) is 1. The molecule has 6 heteroatoms. The predicted octanol–water partition coefficient (Wildman–Crippen LogP) is 3.45. The van der Waals surface area contributed by atoms with Gasteiger partial charge in [-0.15, -0.1) is 0 Å². The Morgan fingerprint density at radius 1 is 1.13 bits per heavy atom. The van der Waals surface area contributed by atoms with E-state index in [0.717, 1.165) is 38.9 Å². The van der Waals surface area contributed by atoms with Crippen molar-refractivity contribution in [1.82, 2.24) is 10.2 Å². The van der Waals surface area contributed by atoms with E-state index < -0.39 is 5.63 Å². The van der Waals surface area contributed by atoms with E-state index in [9.17, 15) is 9.59 Å². The summed E-state index contributed by atoms with van der Waals surface area (Å²) >= 11 is 0. The minimum absolute atomic E-state index is 0.122. The summed E-state index contributed by atoms with van der Waals surface area (Å²) in [5.41, 5.74) is 1.64. The van der Waals surface area contributed by atoms with Crippen LogP contribution in [0.2, 0.25) is 0 Å². The van der Waals surface area contributed by atoms with Crippen LogP contribution < -0.4 is 10.9 Å². The molecule has 0 aliphatic carbocycles. The van der Waals surface area contributed by atoms with Crippen LogP contribution in [0.5, 0.6) is 0 Å². The lowest BCUT2D eigenvalue weighted by atomic mass is 9.91. The molecule has 2 fully saturated rings. The van der Waals surface area contributed by atoms with Crippen molar-refractivity contribution >= 4 is 5.91 Å². The Kier molecular flexibility index (Phi) is 7.20. The van der Waals surface area contributed by atoms with Gasteiger partial charge in [-0.3, -0.25) is 4.79 Å². The highest BCUT2D eigenvalue weighted by Gasteiger charge is 2.24. The lowest BCUT2D eigenvalue weighted by molar-refractivity contribution is 0.0795. The summed E-state index contributed by atoms with van der Waals surface area (Å²) in [5, 5.41) is 2.92. The Bertz CT molecular complexity index is 934. The third-order valence-corrected chi connectivity index (χ3v) is 6.51. The van der Waals surface area contributed by atoms with E-state index in [1.807, 2.05) is 19.1 Å². The number of hydrogen-bond donors (Lipinski definition) is 1. The Balaban J connectivity index is 1.32. The van der Waals surface area contributed by atoms with E-state index >= 15 is 0 Å². The molecule has 1 amide bonds. The molecule has 2 aromatic rings. The quantitative estimate of drug-likeness (QED) is 0.769. The highest BCUT2D eigenvalue weighted by atomic mass is 16.5. The molecule has 6 nitrogen and oxygen atoms in total. The second-order valence-electron chi connectivity index (χ2n) is 8.69. The third-order valence-electron chi connectivity index (χ3n) is 6.51. The number of aryl methyl sites for hydroxylation is 1. The molecule has 0 bridgehead atoms. The van der Waals surface area contributed by atoms with Crippen LogP contribution in [-0.2, 0) is 4.74 Å². The summed E-state index contributed by atoms with van der Waals surface area (Å²) in [4.78, 5) is 27.6. The SMILES string of the molecule is Cc1cc(C2CCOCC2)oc(=O)c1C(=O)NCCN1CCCC(c2ccccc2)C1. The average molecular weight is 425 g/mol. The van der Waals surface area contributed by atoms with Crippen LogP contribution in [0.4, 0.5) is 0 Å². The maximum atomic E-state index is 12.7. The Hall–Kier alpha value is -2.44. The molecule has 2 saturated heterocycles. The van der Waals surface area contributed by atoms with Gasteiger partial charge in [0.15, 0.2) is 0 Å². The molecular formula is C25H32N2O4. The number of nitrogens with zero attached hydrogens (tertiary/aromatic N) is 1. The number of rotatable bonds is 6. The second-order valence-corrected chi connectivity index (χ2v) is 8.69. The Morgan fingerprint density at radius 3 is 2.65 bits per heavy atom. The Labute approximate surface area is 183 Å². The highest BCUT2D eigenvalue weighted by molar-refractivity contribution is 5.95. The van der Waals surface area contributed by atoms with E-state index in [2.05, 4.69) is 34.5 Å². The van der Waals surface area contributed by atoms with E-state index in [1.54, 1.807) is 0 Å². The van der Waals surface area contributed by atoms with Gasteiger partial charge in [-0.1, -0.05) is 30.3 Å². The van der Waals surface area contributed by atoms with Crippen molar-refractivity contribution in [1.29, 1.82) is 0 Å². The number of carbonyl (C=O) groups is 1. The second kappa shape index (κ2) is 10.2. The molecule has 3 heterocycles. The van der Waals surface area contributed by atoms with Crippen molar-refractivity contribution in [3.8, 4) is 0 Å². The number of likely N-dealkylation sites (tertiary alicyclic amines) is 1. The van der Waals surface area contributed by atoms with Crippen LogP contribution in [0.1, 0.15) is 64.8 Å². The monoisotopic (exact) mass is 424 g/mol. The number of piperidine rings is 1. The van der Waals surface area contributed by atoms with Crippen molar-refractivity contribution < 1.29 is 13.9 Å². The van der Waals surface area contributed by atoms with Crippen LogP contribution >= 0.6 is 0 Å². The van der Waals surface area contributed by atoms with Crippen LogP contribution in [0, 0.1) is 6.92 Å². The van der Waals surface area contributed by atoms with Gasteiger partial charge in [-0.05, 0) is 62.3 Å². The van der Waals surface area contributed by atoms with E-state index in [0.29, 0.717) is 37.0 Å². The number of carbonyl (C=O) groups excluding carboxylic acids is 1. The zero-order valence-electron chi connectivity index (χ0n) is 18.3. The van der Waals surface area contributed by atoms with Gasteiger partial charge in [0.05, 0.1) is 0 Å². The normalized spacial score (nSPS) is 20.5. The molecule has 0 saturated carbocycles. The maximum Gasteiger partial charge on any atom is 0.349 e. The zero-order valence-corrected chi connectivity index (χ0v) is 18.3. The van der Waals surface area contributed by atoms with Gasteiger partial charge in [0.2, 0.25) is 0 Å². The summed E-state index contributed by atoms with van der Waals surface area (Å²) in [6.07, 6.45) is 4.04. The highest BCUT2D eigenvalue weighted by Crippen LogP contribution is 2.27. The molecule has 31 heavy (non-hydrogen) atoms. The van der Waals surface area contributed by atoms with Crippen molar-refractivity contribution in [3.63, 3.8) is 0 Å².